The fourth-order valence-electron chi connectivity index (χ4n) is 3.07. The van der Waals surface area contributed by atoms with E-state index < -0.39 is 11.8 Å². The zero-order chi connectivity index (χ0) is 20.5. The van der Waals surface area contributed by atoms with Gasteiger partial charge >= 0.3 is 5.97 Å². The molecule has 0 unspecified atom stereocenters. The molecular formula is C24H17FO4. The Morgan fingerprint density at radius 3 is 2.52 bits per heavy atom. The number of ether oxygens (including phenoxy) is 2. The molecule has 0 N–H and O–H groups in total. The molecule has 1 aliphatic heterocycles. The Labute approximate surface area is 167 Å². The van der Waals surface area contributed by atoms with Crippen LogP contribution in [0.2, 0.25) is 0 Å². The number of benzene rings is 3. The van der Waals surface area contributed by atoms with Crippen LogP contribution in [0.5, 0.6) is 11.5 Å². The van der Waals surface area contributed by atoms with E-state index in [4.69, 9.17) is 9.47 Å². The van der Waals surface area contributed by atoms with Gasteiger partial charge < -0.3 is 9.47 Å². The Balaban J connectivity index is 1.61. The molecule has 4 rings (SSSR count). The van der Waals surface area contributed by atoms with Crippen LogP contribution in [-0.4, -0.2) is 11.8 Å². The Hall–Kier alpha value is -3.73. The molecule has 0 saturated carbocycles. The Bertz CT molecular complexity index is 1160. The van der Waals surface area contributed by atoms with Gasteiger partial charge in [0.15, 0.2) is 5.76 Å². The van der Waals surface area contributed by atoms with Crippen molar-refractivity contribution < 1.29 is 23.5 Å². The van der Waals surface area contributed by atoms with E-state index >= 15 is 0 Å². The number of rotatable bonds is 3. The van der Waals surface area contributed by atoms with Crippen molar-refractivity contribution in [2.75, 3.05) is 0 Å². The SMILES string of the molecule is Cc1ccc(C(=O)Oc2ccc3c(c2C)O/C(=C\c2cccc(F)c2)C3=O)cc1. The van der Waals surface area contributed by atoms with E-state index in [0.29, 0.717) is 33.8 Å². The van der Waals surface area contributed by atoms with Crippen LogP contribution in [0.3, 0.4) is 0 Å². The Morgan fingerprint density at radius 1 is 1.03 bits per heavy atom. The van der Waals surface area contributed by atoms with Crippen molar-refractivity contribution in [3.05, 3.63) is 100 Å². The van der Waals surface area contributed by atoms with Crippen molar-refractivity contribution in [2.45, 2.75) is 13.8 Å². The number of halogens is 1. The van der Waals surface area contributed by atoms with Crippen LogP contribution in [0.1, 0.15) is 37.4 Å². The first-order valence-electron chi connectivity index (χ1n) is 9.04. The number of fused-ring (bicyclic) bond motifs is 1. The predicted molar refractivity (Wildman–Crippen MR) is 107 cm³/mol. The second-order valence-electron chi connectivity index (χ2n) is 6.82. The van der Waals surface area contributed by atoms with Crippen LogP contribution in [0.15, 0.2) is 66.4 Å². The molecule has 29 heavy (non-hydrogen) atoms. The minimum Gasteiger partial charge on any atom is -0.452 e. The Morgan fingerprint density at radius 2 is 1.79 bits per heavy atom. The summed E-state index contributed by atoms with van der Waals surface area (Å²) in [4.78, 5) is 25.0. The number of aryl methyl sites for hydroxylation is 1. The van der Waals surface area contributed by atoms with Gasteiger partial charge in [-0.1, -0.05) is 29.8 Å². The molecule has 0 atom stereocenters. The second-order valence-corrected chi connectivity index (χ2v) is 6.82. The quantitative estimate of drug-likeness (QED) is 0.348. The van der Waals surface area contributed by atoms with E-state index in [1.54, 1.807) is 43.3 Å². The van der Waals surface area contributed by atoms with Gasteiger partial charge in [0.2, 0.25) is 5.78 Å². The van der Waals surface area contributed by atoms with Crippen LogP contribution < -0.4 is 9.47 Å². The molecule has 1 aliphatic rings. The summed E-state index contributed by atoms with van der Waals surface area (Å²) in [5.74, 6) is -0.447. The standard InChI is InChI=1S/C24H17FO4/c1-14-6-8-17(9-7-14)24(27)29-20-11-10-19-22(26)21(28-23(19)15(20)2)13-16-4-3-5-18(25)12-16/h3-13H,1-2H3/b21-13-. The zero-order valence-corrected chi connectivity index (χ0v) is 15.9. The third kappa shape index (κ3) is 3.67. The Kier molecular flexibility index (Phi) is 4.72. The lowest BCUT2D eigenvalue weighted by molar-refractivity contribution is 0.0733. The second kappa shape index (κ2) is 7.36. The monoisotopic (exact) mass is 388 g/mol. The van der Waals surface area contributed by atoms with Gasteiger partial charge in [-0.3, -0.25) is 4.79 Å². The molecule has 5 heteroatoms. The summed E-state index contributed by atoms with van der Waals surface area (Å²) in [6.45, 7) is 3.65. The van der Waals surface area contributed by atoms with Gasteiger partial charge in [0.05, 0.1) is 11.1 Å². The maximum absolute atomic E-state index is 13.4. The first-order chi connectivity index (χ1) is 13.9. The van der Waals surface area contributed by atoms with Gasteiger partial charge in [0.1, 0.15) is 17.3 Å². The average Bonchev–Trinajstić information content (AvgIpc) is 3.01. The largest absolute Gasteiger partial charge is 0.452 e. The summed E-state index contributed by atoms with van der Waals surface area (Å²) in [6.07, 6.45) is 1.49. The zero-order valence-electron chi connectivity index (χ0n) is 15.9. The van der Waals surface area contributed by atoms with Crippen LogP contribution >= 0.6 is 0 Å². The number of carbonyl (C=O) groups excluding carboxylic acids is 2. The number of esters is 1. The lowest BCUT2D eigenvalue weighted by Crippen LogP contribution is -2.09. The number of carbonyl (C=O) groups is 2. The minimum absolute atomic E-state index is 0.0933. The lowest BCUT2D eigenvalue weighted by Gasteiger charge is -2.10. The lowest BCUT2D eigenvalue weighted by atomic mass is 10.1. The van der Waals surface area contributed by atoms with E-state index in [9.17, 15) is 14.0 Å². The first kappa shape index (κ1) is 18.6. The number of hydrogen-bond donors (Lipinski definition) is 0. The summed E-state index contributed by atoms with van der Waals surface area (Å²) < 4.78 is 24.6. The van der Waals surface area contributed by atoms with Crippen LogP contribution in [-0.2, 0) is 0 Å². The summed E-state index contributed by atoms with van der Waals surface area (Å²) in [6, 6.07) is 16.1. The normalized spacial score (nSPS) is 13.9. The third-order valence-electron chi connectivity index (χ3n) is 4.67. The van der Waals surface area contributed by atoms with Crippen molar-refractivity contribution in [2.24, 2.45) is 0 Å². The van der Waals surface area contributed by atoms with E-state index in [0.717, 1.165) is 5.56 Å². The maximum atomic E-state index is 13.4. The summed E-state index contributed by atoms with van der Waals surface area (Å²) in [7, 11) is 0. The molecule has 3 aromatic carbocycles. The molecule has 0 fully saturated rings. The molecule has 0 bridgehead atoms. The highest BCUT2D eigenvalue weighted by atomic mass is 19.1. The summed E-state index contributed by atoms with van der Waals surface area (Å²) in [5, 5.41) is 0. The smallest absolute Gasteiger partial charge is 0.343 e. The number of Topliss-reactive ketones (excluding diaryl/α,β-unsaturated/α-hetero) is 1. The topological polar surface area (TPSA) is 52.6 Å². The van der Waals surface area contributed by atoms with E-state index in [1.807, 2.05) is 19.1 Å². The highest BCUT2D eigenvalue weighted by Crippen LogP contribution is 2.39. The molecule has 0 saturated heterocycles. The summed E-state index contributed by atoms with van der Waals surface area (Å²) >= 11 is 0. The van der Waals surface area contributed by atoms with E-state index in [-0.39, 0.29) is 11.5 Å². The van der Waals surface area contributed by atoms with Gasteiger partial charge in [0.25, 0.3) is 0 Å². The first-order valence-corrected chi connectivity index (χ1v) is 9.04. The van der Waals surface area contributed by atoms with Crippen molar-refractivity contribution >= 4 is 17.8 Å². The van der Waals surface area contributed by atoms with Crippen LogP contribution in [0.4, 0.5) is 4.39 Å². The molecule has 0 spiro atoms. The van der Waals surface area contributed by atoms with E-state index in [2.05, 4.69) is 0 Å². The molecule has 1 heterocycles. The molecule has 0 amide bonds. The highest BCUT2D eigenvalue weighted by molar-refractivity contribution is 6.15. The number of hydrogen-bond acceptors (Lipinski definition) is 4. The van der Waals surface area contributed by atoms with Crippen molar-refractivity contribution in [1.82, 2.24) is 0 Å². The maximum Gasteiger partial charge on any atom is 0.343 e. The third-order valence-corrected chi connectivity index (χ3v) is 4.67. The fraction of sp³-hybridized carbons (Fsp3) is 0.0833. The summed E-state index contributed by atoms with van der Waals surface area (Å²) in [5.41, 5.74) is 2.91. The molecule has 0 aliphatic carbocycles. The van der Waals surface area contributed by atoms with Gasteiger partial charge in [-0.05, 0) is 61.9 Å². The van der Waals surface area contributed by atoms with Crippen LogP contribution in [0.25, 0.3) is 6.08 Å². The van der Waals surface area contributed by atoms with Gasteiger partial charge in [0, 0.05) is 5.56 Å². The van der Waals surface area contributed by atoms with Crippen LogP contribution in [0, 0.1) is 19.7 Å². The fourth-order valence-corrected chi connectivity index (χ4v) is 3.07. The molecule has 4 nitrogen and oxygen atoms in total. The van der Waals surface area contributed by atoms with Gasteiger partial charge in [-0.2, -0.15) is 0 Å². The molecule has 3 aromatic rings. The van der Waals surface area contributed by atoms with Crippen molar-refractivity contribution in [1.29, 1.82) is 0 Å². The number of ketones is 1. The molecular weight excluding hydrogens is 371 g/mol. The van der Waals surface area contributed by atoms with Crippen molar-refractivity contribution in [3.63, 3.8) is 0 Å². The molecule has 144 valence electrons. The van der Waals surface area contributed by atoms with Gasteiger partial charge in [-0.25, -0.2) is 9.18 Å². The van der Waals surface area contributed by atoms with Crippen molar-refractivity contribution in [3.8, 4) is 11.5 Å². The minimum atomic E-state index is -0.493. The van der Waals surface area contributed by atoms with Gasteiger partial charge in [-0.15, -0.1) is 0 Å². The predicted octanol–water partition coefficient (Wildman–Crippen LogP) is 5.28. The number of allylic oxidation sites excluding steroid dienone is 1. The van der Waals surface area contributed by atoms with E-state index in [1.165, 1.54) is 18.2 Å². The molecule has 0 aromatic heterocycles. The molecule has 0 radical (unpaired) electrons. The highest BCUT2D eigenvalue weighted by Gasteiger charge is 2.30. The average molecular weight is 388 g/mol.